The van der Waals surface area contributed by atoms with Crippen LogP contribution in [-0.2, 0) is 0 Å². The van der Waals surface area contributed by atoms with Crippen LogP contribution in [0.25, 0.3) is 10.8 Å². The summed E-state index contributed by atoms with van der Waals surface area (Å²) in [5.74, 6) is 0.845. The van der Waals surface area contributed by atoms with Gasteiger partial charge in [-0.05, 0) is 30.8 Å². The van der Waals surface area contributed by atoms with E-state index in [1.165, 1.54) is 12.8 Å². The Bertz CT molecular complexity index is 558. The summed E-state index contributed by atoms with van der Waals surface area (Å²) in [6, 6.07) is 14.3. The molecule has 0 radical (unpaired) electrons. The van der Waals surface area contributed by atoms with Gasteiger partial charge in [-0.3, -0.25) is 0 Å². The number of aliphatic hydroxyl groups is 1. The minimum atomic E-state index is -0.450. The van der Waals surface area contributed by atoms with E-state index in [1.807, 2.05) is 24.3 Å². The molecule has 0 saturated carbocycles. The molecule has 1 heterocycles. The van der Waals surface area contributed by atoms with Crippen LogP contribution in [0.2, 0.25) is 0 Å². The third-order valence-electron chi connectivity index (χ3n) is 3.97. The van der Waals surface area contributed by atoms with Crippen LogP contribution in [0.5, 0.6) is 5.75 Å². The summed E-state index contributed by atoms with van der Waals surface area (Å²) in [5.41, 5.74) is 0. The number of ether oxygens (including phenoxy) is 1. The lowest BCUT2D eigenvalue weighted by Crippen LogP contribution is -2.45. The van der Waals surface area contributed by atoms with Gasteiger partial charge in [-0.1, -0.05) is 42.8 Å². The molecule has 20 heavy (non-hydrogen) atoms. The van der Waals surface area contributed by atoms with Crippen molar-refractivity contribution in [2.75, 3.05) is 13.2 Å². The van der Waals surface area contributed by atoms with Crippen molar-refractivity contribution in [1.29, 1.82) is 0 Å². The van der Waals surface area contributed by atoms with Gasteiger partial charge in [-0.15, -0.1) is 0 Å². The number of nitrogens with one attached hydrogen (secondary N) is 1. The molecule has 2 atom stereocenters. The second kappa shape index (κ2) is 6.25. The van der Waals surface area contributed by atoms with E-state index in [0.717, 1.165) is 29.5 Å². The highest BCUT2D eigenvalue weighted by Crippen LogP contribution is 2.25. The first-order valence-corrected chi connectivity index (χ1v) is 7.36. The zero-order valence-electron chi connectivity index (χ0n) is 11.6. The summed E-state index contributed by atoms with van der Waals surface area (Å²) in [5, 5.41) is 15.8. The second-order valence-corrected chi connectivity index (χ2v) is 5.41. The lowest BCUT2D eigenvalue weighted by atomic mass is 10.0. The van der Waals surface area contributed by atoms with Crippen LogP contribution in [0.3, 0.4) is 0 Å². The van der Waals surface area contributed by atoms with Gasteiger partial charge in [0, 0.05) is 11.4 Å². The van der Waals surface area contributed by atoms with Crippen molar-refractivity contribution in [2.24, 2.45) is 0 Å². The molecule has 0 spiro atoms. The maximum absolute atomic E-state index is 10.2. The van der Waals surface area contributed by atoms with Gasteiger partial charge in [0.05, 0.1) is 0 Å². The number of fused-ring (bicyclic) bond motifs is 1. The average molecular weight is 271 g/mol. The van der Waals surface area contributed by atoms with Crippen LogP contribution in [0.1, 0.15) is 19.3 Å². The van der Waals surface area contributed by atoms with E-state index in [-0.39, 0.29) is 6.04 Å². The molecule has 0 amide bonds. The largest absolute Gasteiger partial charge is 0.490 e. The van der Waals surface area contributed by atoms with Crippen LogP contribution in [0, 0.1) is 0 Å². The fourth-order valence-corrected chi connectivity index (χ4v) is 2.82. The van der Waals surface area contributed by atoms with Crippen LogP contribution in [0.4, 0.5) is 0 Å². The van der Waals surface area contributed by atoms with Gasteiger partial charge >= 0.3 is 0 Å². The minimum Gasteiger partial charge on any atom is -0.490 e. The molecule has 106 valence electrons. The zero-order chi connectivity index (χ0) is 13.8. The van der Waals surface area contributed by atoms with E-state index in [4.69, 9.17) is 4.74 Å². The Morgan fingerprint density at radius 3 is 2.85 bits per heavy atom. The molecule has 3 nitrogen and oxygen atoms in total. The highest BCUT2D eigenvalue weighted by Gasteiger charge is 2.21. The number of aliphatic hydroxyl groups excluding tert-OH is 1. The molecule has 0 aliphatic carbocycles. The van der Waals surface area contributed by atoms with Gasteiger partial charge in [0.25, 0.3) is 0 Å². The summed E-state index contributed by atoms with van der Waals surface area (Å²) in [6.45, 7) is 1.33. The van der Waals surface area contributed by atoms with Crippen molar-refractivity contribution in [2.45, 2.75) is 31.4 Å². The molecule has 1 fully saturated rings. The summed E-state index contributed by atoms with van der Waals surface area (Å²) < 4.78 is 5.84. The Morgan fingerprint density at radius 2 is 2.00 bits per heavy atom. The Kier molecular flexibility index (Phi) is 4.19. The molecular weight excluding hydrogens is 250 g/mol. The van der Waals surface area contributed by atoms with Gasteiger partial charge < -0.3 is 15.2 Å². The van der Waals surface area contributed by atoms with E-state index >= 15 is 0 Å². The molecule has 2 N–H and O–H groups in total. The van der Waals surface area contributed by atoms with Crippen LogP contribution >= 0.6 is 0 Å². The monoisotopic (exact) mass is 271 g/mol. The molecule has 0 unspecified atom stereocenters. The molecule has 3 heteroatoms. The van der Waals surface area contributed by atoms with E-state index < -0.39 is 6.10 Å². The van der Waals surface area contributed by atoms with Gasteiger partial charge in [0.2, 0.25) is 0 Å². The molecule has 1 aliphatic heterocycles. The normalized spacial score (nSPS) is 20.8. The van der Waals surface area contributed by atoms with E-state index in [0.29, 0.717) is 6.61 Å². The molecule has 1 aliphatic rings. The van der Waals surface area contributed by atoms with E-state index in [9.17, 15) is 5.11 Å². The standard InChI is InChI=1S/C17H21NO2/c19-16(15-9-3-4-11-18-15)12-20-17-10-5-7-13-6-1-2-8-14(13)17/h1-2,5-8,10,15-16,18-19H,3-4,9,11-12H2/t15-,16+/m1/s1. The summed E-state index contributed by atoms with van der Waals surface area (Å²) in [6.07, 6.45) is 2.96. The Balaban J connectivity index is 1.67. The van der Waals surface area contributed by atoms with E-state index in [1.54, 1.807) is 0 Å². The van der Waals surface area contributed by atoms with Gasteiger partial charge in [0.1, 0.15) is 18.5 Å². The van der Waals surface area contributed by atoms with Crippen molar-refractivity contribution >= 4 is 10.8 Å². The van der Waals surface area contributed by atoms with Gasteiger partial charge in [-0.2, -0.15) is 0 Å². The first-order valence-electron chi connectivity index (χ1n) is 7.36. The summed E-state index contributed by atoms with van der Waals surface area (Å²) >= 11 is 0. The van der Waals surface area contributed by atoms with Gasteiger partial charge in [-0.25, -0.2) is 0 Å². The lowest BCUT2D eigenvalue weighted by Gasteiger charge is -2.28. The maximum Gasteiger partial charge on any atom is 0.127 e. The molecule has 0 aromatic heterocycles. The van der Waals surface area contributed by atoms with Crippen LogP contribution in [-0.4, -0.2) is 30.4 Å². The maximum atomic E-state index is 10.2. The third kappa shape index (κ3) is 2.94. The van der Waals surface area contributed by atoms with E-state index in [2.05, 4.69) is 23.5 Å². The molecular formula is C17H21NO2. The third-order valence-corrected chi connectivity index (χ3v) is 3.97. The predicted octanol–water partition coefficient (Wildman–Crippen LogP) is 2.72. The fraction of sp³-hybridized carbons (Fsp3) is 0.412. The zero-order valence-corrected chi connectivity index (χ0v) is 11.6. The summed E-state index contributed by atoms with van der Waals surface area (Å²) in [7, 11) is 0. The molecule has 2 aromatic rings. The minimum absolute atomic E-state index is 0.165. The molecule has 3 rings (SSSR count). The van der Waals surface area contributed by atoms with Crippen molar-refractivity contribution < 1.29 is 9.84 Å². The van der Waals surface area contributed by atoms with Gasteiger partial charge in [0.15, 0.2) is 0 Å². The SMILES string of the molecule is O[C@@H](COc1cccc2ccccc12)[C@H]1CCCCN1. The van der Waals surface area contributed by atoms with Crippen LogP contribution < -0.4 is 10.1 Å². The quantitative estimate of drug-likeness (QED) is 0.898. The van der Waals surface area contributed by atoms with Crippen molar-refractivity contribution in [3.8, 4) is 5.75 Å². The molecule has 1 saturated heterocycles. The molecule has 2 aromatic carbocycles. The summed E-state index contributed by atoms with van der Waals surface area (Å²) in [4.78, 5) is 0. The first-order chi connectivity index (χ1) is 9.84. The number of benzene rings is 2. The molecule has 0 bridgehead atoms. The average Bonchev–Trinajstić information content (AvgIpc) is 2.53. The smallest absolute Gasteiger partial charge is 0.127 e. The number of piperidine rings is 1. The fourth-order valence-electron chi connectivity index (χ4n) is 2.82. The number of hydrogen-bond acceptors (Lipinski definition) is 3. The Morgan fingerprint density at radius 1 is 1.15 bits per heavy atom. The predicted molar refractivity (Wildman–Crippen MR) is 81.1 cm³/mol. The Hall–Kier alpha value is -1.58. The number of rotatable bonds is 4. The van der Waals surface area contributed by atoms with Crippen molar-refractivity contribution in [3.63, 3.8) is 0 Å². The number of hydrogen-bond donors (Lipinski definition) is 2. The second-order valence-electron chi connectivity index (χ2n) is 5.41. The lowest BCUT2D eigenvalue weighted by molar-refractivity contribution is 0.0645. The topological polar surface area (TPSA) is 41.5 Å². The Labute approximate surface area is 119 Å². The highest BCUT2D eigenvalue weighted by atomic mass is 16.5. The van der Waals surface area contributed by atoms with Crippen molar-refractivity contribution in [1.82, 2.24) is 5.32 Å². The first kappa shape index (κ1) is 13.4. The van der Waals surface area contributed by atoms with Crippen LogP contribution in [0.15, 0.2) is 42.5 Å². The van der Waals surface area contributed by atoms with Crippen molar-refractivity contribution in [3.05, 3.63) is 42.5 Å². The highest BCUT2D eigenvalue weighted by molar-refractivity contribution is 5.88.